The van der Waals surface area contributed by atoms with Crippen LogP contribution in [-0.2, 0) is 17.8 Å². The van der Waals surface area contributed by atoms with Gasteiger partial charge in [0, 0.05) is 13.1 Å². The van der Waals surface area contributed by atoms with E-state index in [-0.39, 0.29) is 12.5 Å². The van der Waals surface area contributed by atoms with Crippen LogP contribution in [0.15, 0.2) is 24.8 Å². The number of hydrogen-bond acceptors (Lipinski definition) is 4. The van der Waals surface area contributed by atoms with Gasteiger partial charge in [0.05, 0.1) is 0 Å². The molecule has 124 valence electrons. The van der Waals surface area contributed by atoms with Gasteiger partial charge in [0.2, 0.25) is 0 Å². The molecule has 0 saturated carbocycles. The van der Waals surface area contributed by atoms with Gasteiger partial charge in [-0.05, 0) is 37.8 Å². The zero-order valence-corrected chi connectivity index (χ0v) is 14.0. The number of ether oxygens (including phenoxy) is 1. The number of carbonyl (C=O) groups is 1. The minimum absolute atomic E-state index is 0.0419. The van der Waals surface area contributed by atoms with Gasteiger partial charge < -0.3 is 10.1 Å². The highest BCUT2D eigenvalue weighted by atomic mass is 16.5. The summed E-state index contributed by atoms with van der Waals surface area (Å²) in [5, 5.41) is 6.87. The van der Waals surface area contributed by atoms with Crippen LogP contribution >= 0.6 is 0 Å². The van der Waals surface area contributed by atoms with Crippen LogP contribution in [-0.4, -0.2) is 33.8 Å². The van der Waals surface area contributed by atoms with E-state index in [2.05, 4.69) is 41.4 Å². The predicted octanol–water partition coefficient (Wildman–Crippen LogP) is 2.04. The Morgan fingerprint density at radius 1 is 1.35 bits per heavy atom. The number of benzene rings is 1. The van der Waals surface area contributed by atoms with Crippen LogP contribution in [0.2, 0.25) is 0 Å². The first-order chi connectivity index (χ1) is 11.1. The lowest BCUT2D eigenvalue weighted by molar-refractivity contribution is -0.123. The van der Waals surface area contributed by atoms with Crippen LogP contribution in [0.25, 0.3) is 0 Å². The summed E-state index contributed by atoms with van der Waals surface area (Å²) in [7, 11) is 0. The van der Waals surface area contributed by atoms with Crippen molar-refractivity contribution < 1.29 is 9.53 Å². The van der Waals surface area contributed by atoms with Crippen molar-refractivity contribution >= 4 is 5.91 Å². The summed E-state index contributed by atoms with van der Waals surface area (Å²) in [4.78, 5) is 15.8. The molecule has 0 fully saturated rings. The van der Waals surface area contributed by atoms with Crippen LogP contribution < -0.4 is 10.1 Å². The van der Waals surface area contributed by atoms with E-state index in [1.54, 1.807) is 11.0 Å². The molecule has 0 unspecified atom stereocenters. The first-order valence-electron chi connectivity index (χ1n) is 7.92. The molecule has 1 amide bonds. The Balaban J connectivity index is 1.76. The summed E-state index contributed by atoms with van der Waals surface area (Å²) >= 11 is 0. The Labute approximate surface area is 136 Å². The molecular weight excluding hydrogens is 292 g/mol. The van der Waals surface area contributed by atoms with E-state index in [0.717, 1.165) is 36.3 Å². The average Bonchev–Trinajstić information content (AvgIpc) is 3.03. The van der Waals surface area contributed by atoms with Gasteiger partial charge in [-0.2, -0.15) is 5.10 Å². The van der Waals surface area contributed by atoms with Gasteiger partial charge in [0.15, 0.2) is 6.61 Å². The fraction of sp³-hybridized carbons (Fsp3) is 0.471. The van der Waals surface area contributed by atoms with Gasteiger partial charge in [-0.25, -0.2) is 4.98 Å². The average molecular weight is 316 g/mol. The lowest BCUT2D eigenvalue weighted by atomic mass is 10.0. The maximum Gasteiger partial charge on any atom is 0.257 e. The lowest BCUT2D eigenvalue weighted by Crippen LogP contribution is -2.30. The molecule has 0 radical (unpaired) electrons. The van der Waals surface area contributed by atoms with E-state index >= 15 is 0 Å². The van der Waals surface area contributed by atoms with E-state index in [1.165, 1.54) is 11.9 Å². The molecule has 1 heterocycles. The van der Waals surface area contributed by atoms with Crippen LogP contribution in [0.5, 0.6) is 5.75 Å². The monoisotopic (exact) mass is 316 g/mol. The Kier molecular flexibility index (Phi) is 6.14. The number of carbonyl (C=O) groups excluding carboxylic acids is 1. The number of aryl methyl sites for hydroxylation is 4. The highest BCUT2D eigenvalue weighted by Crippen LogP contribution is 2.25. The van der Waals surface area contributed by atoms with E-state index in [9.17, 15) is 4.79 Å². The fourth-order valence-electron chi connectivity index (χ4n) is 2.52. The van der Waals surface area contributed by atoms with Crippen molar-refractivity contribution in [2.24, 2.45) is 0 Å². The van der Waals surface area contributed by atoms with Crippen molar-refractivity contribution in [1.82, 2.24) is 20.1 Å². The Morgan fingerprint density at radius 3 is 2.87 bits per heavy atom. The third-order valence-electron chi connectivity index (χ3n) is 3.58. The predicted molar refractivity (Wildman–Crippen MR) is 88.4 cm³/mol. The molecule has 0 atom stereocenters. The van der Waals surface area contributed by atoms with Gasteiger partial charge in [-0.3, -0.25) is 9.48 Å². The second-order valence-electron chi connectivity index (χ2n) is 5.57. The molecule has 1 N–H and O–H groups in total. The molecule has 6 heteroatoms. The smallest absolute Gasteiger partial charge is 0.257 e. The van der Waals surface area contributed by atoms with Crippen molar-refractivity contribution in [3.8, 4) is 5.75 Å². The van der Waals surface area contributed by atoms with Gasteiger partial charge in [0.25, 0.3) is 5.91 Å². The second-order valence-corrected chi connectivity index (χ2v) is 5.57. The number of nitrogens with zero attached hydrogens (tertiary/aromatic N) is 3. The van der Waals surface area contributed by atoms with Crippen molar-refractivity contribution in [2.75, 3.05) is 13.2 Å². The van der Waals surface area contributed by atoms with Crippen molar-refractivity contribution in [1.29, 1.82) is 0 Å². The fourth-order valence-corrected chi connectivity index (χ4v) is 2.52. The summed E-state index contributed by atoms with van der Waals surface area (Å²) in [5.41, 5.74) is 3.42. The van der Waals surface area contributed by atoms with Crippen LogP contribution in [0.3, 0.4) is 0 Å². The third-order valence-corrected chi connectivity index (χ3v) is 3.58. The highest BCUT2D eigenvalue weighted by molar-refractivity contribution is 5.77. The molecule has 0 aliphatic carbocycles. The molecule has 1 aromatic heterocycles. The molecule has 2 rings (SSSR count). The Bertz CT molecular complexity index is 638. The summed E-state index contributed by atoms with van der Waals surface area (Å²) in [6.07, 6.45) is 4.86. The molecule has 6 nitrogen and oxygen atoms in total. The van der Waals surface area contributed by atoms with Crippen LogP contribution in [0.4, 0.5) is 0 Å². The standard InChI is InChI=1S/C17H24N4O2/c1-4-15-9-13(2)8-14(3)17(15)23-10-16(22)19-6-5-7-21-12-18-11-20-21/h8-9,11-12H,4-7,10H2,1-3H3,(H,19,22). The van der Waals surface area contributed by atoms with Crippen LogP contribution in [0, 0.1) is 13.8 Å². The van der Waals surface area contributed by atoms with Gasteiger partial charge >= 0.3 is 0 Å². The molecule has 0 saturated heterocycles. The van der Waals surface area contributed by atoms with Gasteiger partial charge in [-0.1, -0.05) is 24.6 Å². The summed E-state index contributed by atoms with van der Waals surface area (Å²) in [6, 6.07) is 4.18. The lowest BCUT2D eigenvalue weighted by Gasteiger charge is -2.14. The number of rotatable bonds is 8. The maximum atomic E-state index is 11.9. The number of aromatic nitrogens is 3. The first-order valence-corrected chi connectivity index (χ1v) is 7.92. The third kappa shape index (κ3) is 5.09. The van der Waals surface area contributed by atoms with Crippen molar-refractivity contribution in [3.63, 3.8) is 0 Å². The maximum absolute atomic E-state index is 11.9. The molecule has 0 spiro atoms. The van der Waals surface area contributed by atoms with E-state index < -0.39 is 0 Å². The Morgan fingerprint density at radius 2 is 2.17 bits per heavy atom. The SMILES string of the molecule is CCc1cc(C)cc(C)c1OCC(=O)NCCCn1cncn1. The highest BCUT2D eigenvalue weighted by Gasteiger charge is 2.09. The number of amides is 1. The van der Waals surface area contributed by atoms with E-state index in [1.807, 2.05) is 6.92 Å². The molecular formula is C17H24N4O2. The molecule has 0 aliphatic heterocycles. The largest absolute Gasteiger partial charge is 0.483 e. The van der Waals surface area contributed by atoms with Gasteiger partial charge in [-0.15, -0.1) is 0 Å². The minimum atomic E-state index is -0.106. The number of hydrogen-bond donors (Lipinski definition) is 1. The topological polar surface area (TPSA) is 69.0 Å². The molecule has 1 aromatic carbocycles. The molecule has 2 aromatic rings. The first kappa shape index (κ1) is 17.0. The normalized spacial score (nSPS) is 10.6. The van der Waals surface area contributed by atoms with E-state index in [4.69, 9.17) is 4.74 Å². The Hall–Kier alpha value is -2.37. The van der Waals surface area contributed by atoms with Gasteiger partial charge in [0.1, 0.15) is 18.4 Å². The summed E-state index contributed by atoms with van der Waals surface area (Å²) in [6.45, 7) is 7.54. The number of nitrogens with one attached hydrogen (secondary N) is 1. The van der Waals surface area contributed by atoms with Crippen molar-refractivity contribution in [2.45, 2.75) is 40.2 Å². The van der Waals surface area contributed by atoms with Crippen LogP contribution in [0.1, 0.15) is 30.0 Å². The molecule has 0 aliphatic rings. The van der Waals surface area contributed by atoms with E-state index in [0.29, 0.717) is 6.54 Å². The van der Waals surface area contributed by atoms with Crippen molar-refractivity contribution in [3.05, 3.63) is 41.5 Å². The minimum Gasteiger partial charge on any atom is -0.483 e. The quantitative estimate of drug-likeness (QED) is 0.757. The molecule has 23 heavy (non-hydrogen) atoms. The summed E-state index contributed by atoms with van der Waals surface area (Å²) in [5.74, 6) is 0.724. The second kappa shape index (κ2) is 8.31. The zero-order valence-electron chi connectivity index (χ0n) is 14.0. The zero-order chi connectivity index (χ0) is 16.7. The summed E-state index contributed by atoms with van der Waals surface area (Å²) < 4.78 is 7.48. The molecule has 0 bridgehead atoms.